The Morgan fingerprint density at radius 2 is 1.82 bits per heavy atom. The lowest BCUT2D eigenvalue weighted by Gasteiger charge is -2.06. The minimum Gasteiger partial charge on any atom is -0.335 e. The van der Waals surface area contributed by atoms with Gasteiger partial charge in [0, 0.05) is 16.8 Å². The highest BCUT2D eigenvalue weighted by molar-refractivity contribution is 7.99. The van der Waals surface area contributed by atoms with E-state index in [0.717, 1.165) is 26.4 Å². The third-order valence-corrected chi connectivity index (χ3v) is 7.93. The number of aromatic amines is 1. The number of nitrogens with two attached hydrogens (primary N) is 1. The molecule has 0 aliphatic heterocycles. The molecular formula is C27H21FN8OS2. The van der Waals surface area contributed by atoms with E-state index in [4.69, 9.17) is 10.8 Å². The van der Waals surface area contributed by atoms with Crippen LogP contribution < -0.4 is 11.2 Å². The fraction of sp³-hybridized carbons (Fsp3) is 0.0741. The van der Waals surface area contributed by atoms with Crippen LogP contribution in [0.3, 0.4) is 0 Å². The van der Waals surface area contributed by atoms with Crippen LogP contribution in [-0.4, -0.2) is 41.7 Å². The summed E-state index contributed by atoms with van der Waals surface area (Å²) in [6.45, 7) is 2.07. The van der Waals surface area contributed by atoms with Crippen molar-refractivity contribution in [2.24, 2.45) is 0 Å². The Kier molecular flexibility index (Phi) is 6.55. The Labute approximate surface area is 230 Å². The van der Waals surface area contributed by atoms with Crippen molar-refractivity contribution >= 4 is 44.9 Å². The number of fused-ring (bicyclic) bond motifs is 1. The molecule has 6 rings (SSSR count). The summed E-state index contributed by atoms with van der Waals surface area (Å²) in [7, 11) is 0. The third-order valence-electron chi connectivity index (χ3n) is 5.92. The number of hydrogen-bond acceptors (Lipinski definition) is 8. The zero-order chi connectivity index (χ0) is 26.9. The maximum Gasteiger partial charge on any atom is 0.234 e. The number of carbonyl (C=O) groups is 1. The molecule has 3 heterocycles. The molecule has 194 valence electrons. The molecule has 6 aromatic rings. The average Bonchev–Trinajstić information content (AvgIpc) is 3.67. The molecule has 0 saturated carbocycles. The van der Waals surface area contributed by atoms with Crippen LogP contribution >= 0.6 is 23.1 Å². The predicted octanol–water partition coefficient (Wildman–Crippen LogP) is 5.50. The van der Waals surface area contributed by atoms with E-state index >= 15 is 0 Å². The van der Waals surface area contributed by atoms with E-state index in [2.05, 4.69) is 44.8 Å². The van der Waals surface area contributed by atoms with Gasteiger partial charge in [0.25, 0.3) is 0 Å². The van der Waals surface area contributed by atoms with Gasteiger partial charge in [0.2, 0.25) is 16.9 Å². The maximum absolute atomic E-state index is 13.2. The van der Waals surface area contributed by atoms with Gasteiger partial charge in [-0.05, 0) is 79.2 Å². The molecule has 3 aromatic carbocycles. The number of amides is 1. The highest BCUT2D eigenvalue weighted by Gasteiger charge is 2.17. The van der Waals surface area contributed by atoms with Crippen LogP contribution in [0.15, 0.2) is 78.0 Å². The monoisotopic (exact) mass is 556 g/mol. The summed E-state index contributed by atoms with van der Waals surface area (Å²) in [5.41, 5.74) is 5.77. The van der Waals surface area contributed by atoms with Crippen LogP contribution in [-0.2, 0) is 4.79 Å². The maximum atomic E-state index is 13.2. The van der Waals surface area contributed by atoms with Gasteiger partial charge in [-0.15, -0.1) is 21.5 Å². The SMILES string of the molecule is Cc1ccc2nc(-c3ccc(NC(=O)CSc4nnc(-c5cc(-c6ccc(F)cc6)n[nH]5)n4N)cc3)sc2c1. The summed E-state index contributed by atoms with van der Waals surface area (Å²) in [5, 5.41) is 19.5. The van der Waals surface area contributed by atoms with Gasteiger partial charge in [-0.3, -0.25) is 9.89 Å². The van der Waals surface area contributed by atoms with Gasteiger partial charge >= 0.3 is 0 Å². The van der Waals surface area contributed by atoms with Crippen LogP contribution in [0.5, 0.6) is 0 Å². The first kappa shape index (κ1) is 24.8. The van der Waals surface area contributed by atoms with Crippen molar-refractivity contribution in [2.75, 3.05) is 16.9 Å². The number of H-pyrrole nitrogens is 1. The third kappa shape index (κ3) is 5.24. The number of hydrogen-bond donors (Lipinski definition) is 3. The standard InChI is InChI=1S/C27H21FN8OS2/c1-15-2-11-20-23(12-15)39-26(31-20)17-5-9-19(10-6-17)30-24(37)14-38-27-35-34-25(36(27)29)22-13-21(32-33-22)16-3-7-18(28)8-4-16/h2-13H,14,29H2,1H3,(H,30,37)(H,32,33). The lowest BCUT2D eigenvalue weighted by atomic mass is 10.1. The molecule has 4 N–H and O–H groups in total. The van der Waals surface area contributed by atoms with E-state index in [-0.39, 0.29) is 17.5 Å². The van der Waals surface area contributed by atoms with E-state index in [1.165, 1.54) is 34.1 Å². The van der Waals surface area contributed by atoms with Gasteiger partial charge in [-0.25, -0.2) is 14.1 Å². The Morgan fingerprint density at radius 1 is 1.05 bits per heavy atom. The molecule has 0 radical (unpaired) electrons. The lowest BCUT2D eigenvalue weighted by Crippen LogP contribution is -2.16. The molecule has 0 aliphatic rings. The van der Waals surface area contributed by atoms with Gasteiger partial charge in [-0.1, -0.05) is 17.8 Å². The number of nitrogens with one attached hydrogen (secondary N) is 2. The molecule has 1 amide bonds. The fourth-order valence-corrected chi connectivity index (χ4v) is 5.67. The van der Waals surface area contributed by atoms with Gasteiger partial charge in [0.05, 0.1) is 21.7 Å². The van der Waals surface area contributed by atoms with Gasteiger partial charge in [-0.2, -0.15) is 5.10 Å². The highest BCUT2D eigenvalue weighted by Crippen LogP contribution is 2.31. The number of rotatable bonds is 7. The second-order valence-electron chi connectivity index (χ2n) is 8.75. The Bertz CT molecular complexity index is 1790. The van der Waals surface area contributed by atoms with Crippen molar-refractivity contribution in [1.82, 2.24) is 30.1 Å². The Morgan fingerprint density at radius 3 is 2.62 bits per heavy atom. The molecule has 0 unspecified atom stereocenters. The minimum atomic E-state index is -0.321. The van der Waals surface area contributed by atoms with Gasteiger partial charge in [0.1, 0.15) is 16.5 Å². The first-order valence-electron chi connectivity index (χ1n) is 11.9. The molecular weight excluding hydrogens is 535 g/mol. The normalized spacial score (nSPS) is 11.2. The van der Waals surface area contributed by atoms with Crippen molar-refractivity contribution < 1.29 is 9.18 Å². The zero-order valence-corrected chi connectivity index (χ0v) is 22.2. The molecule has 3 aromatic heterocycles. The number of aryl methyl sites for hydroxylation is 1. The molecule has 0 aliphatic carbocycles. The zero-order valence-electron chi connectivity index (χ0n) is 20.6. The number of benzene rings is 3. The Balaban J connectivity index is 1.07. The summed E-state index contributed by atoms with van der Waals surface area (Å²) in [5.74, 6) is 6.12. The molecule has 39 heavy (non-hydrogen) atoms. The average molecular weight is 557 g/mol. The predicted molar refractivity (Wildman–Crippen MR) is 152 cm³/mol. The number of aromatic nitrogens is 6. The number of halogens is 1. The molecule has 0 saturated heterocycles. The number of anilines is 1. The number of nitrogen functional groups attached to an aromatic ring is 1. The second-order valence-corrected chi connectivity index (χ2v) is 10.7. The smallest absolute Gasteiger partial charge is 0.234 e. The van der Waals surface area contributed by atoms with Crippen LogP contribution in [0.2, 0.25) is 0 Å². The number of nitrogens with zero attached hydrogens (tertiary/aromatic N) is 5. The summed E-state index contributed by atoms with van der Waals surface area (Å²) in [6.07, 6.45) is 0. The largest absolute Gasteiger partial charge is 0.335 e. The lowest BCUT2D eigenvalue weighted by molar-refractivity contribution is -0.113. The first-order chi connectivity index (χ1) is 18.9. The van der Waals surface area contributed by atoms with Crippen molar-refractivity contribution in [3.8, 4) is 33.3 Å². The van der Waals surface area contributed by atoms with Crippen LogP contribution in [0, 0.1) is 12.7 Å². The van der Waals surface area contributed by atoms with Crippen molar-refractivity contribution in [1.29, 1.82) is 0 Å². The first-order valence-corrected chi connectivity index (χ1v) is 13.7. The molecule has 12 heteroatoms. The second kappa shape index (κ2) is 10.3. The topological polar surface area (TPSA) is 127 Å². The van der Waals surface area contributed by atoms with E-state index in [9.17, 15) is 9.18 Å². The van der Waals surface area contributed by atoms with Gasteiger partial charge in [0.15, 0.2) is 0 Å². The summed E-state index contributed by atoms with van der Waals surface area (Å²) in [4.78, 5) is 17.3. The quantitative estimate of drug-likeness (QED) is 0.175. The van der Waals surface area contributed by atoms with Crippen molar-refractivity contribution in [2.45, 2.75) is 12.1 Å². The number of thioether (sulfide) groups is 1. The summed E-state index contributed by atoms with van der Waals surface area (Å²) in [6, 6.07) is 21.6. The Hall–Kier alpha value is -4.55. The van der Waals surface area contributed by atoms with Crippen LogP contribution in [0.25, 0.3) is 43.6 Å². The highest BCUT2D eigenvalue weighted by atomic mass is 32.2. The fourth-order valence-electron chi connectivity index (χ4n) is 3.94. The van der Waals surface area contributed by atoms with E-state index in [1.807, 2.05) is 30.3 Å². The molecule has 0 spiro atoms. The summed E-state index contributed by atoms with van der Waals surface area (Å²) >= 11 is 2.81. The molecule has 0 fully saturated rings. The van der Waals surface area contributed by atoms with E-state index in [1.54, 1.807) is 29.5 Å². The van der Waals surface area contributed by atoms with Crippen molar-refractivity contribution in [3.63, 3.8) is 0 Å². The van der Waals surface area contributed by atoms with E-state index < -0.39 is 0 Å². The summed E-state index contributed by atoms with van der Waals surface area (Å²) < 4.78 is 15.7. The number of carbonyl (C=O) groups excluding carboxylic acids is 1. The molecule has 9 nitrogen and oxygen atoms in total. The molecule has 0 atom stereocenters. The van der Waals surface area contributed by atoms with Crippen LogP contribution in [0.1, 0.15) is 5.56 Å². The minimum absolute atomic E-state index is 0.0953. The van der Waals surface area contributed by atoms with Gasteiger partial charge < -0.3 is 11.2 Å². The van der Waals surface area contributed by atoms with Crippen LogP contribution in [0.4, 0.5) is 10.1 Å². The van der Waals surface area contributed by atoms with Crippen molar-refractivity contribution in [3.05, 3.63) is 84.2 Å². The number of thiazole rings is 1. The van der Waals surface area contributed by atoms with E-state index in [0.29, 0.717) is 28.1 Å². The molecule has 0 bridgehead atoms.